The molecule has 0 aliphatic heterocycles. The molecule has 0 saturated heterocycles. The van der Waals surface area contributed by atoms with E-state index in [1.807, 2.05) is 22.7 Å². The Kier molecular flexibility index (Phi) is 18.9. The molecule has 466 valence electrons. The first-order valence-corrected chi connectivity index (χ1v) is 37.5. The Morgan fingerprint density at radius 3 is 0.736 bits per heavy atom. The number of aryl methyl sites for hydroxylation is 2. The first-order chi connectivity index (χ1) is 44.6. The summed E-state index contributed by atoms with van der Waals surface area (Å²) in [6.45, 7) is 18.7. The second-order valence-corrected chi connectivity index (χ2v) is 30.1. The van der Waals surface area contributed by atoms with Gasteiger partial charge < -0.3 is 0 Å². The average molecular weight is 1230 g/mol. The second kappa shape index (κ2) is 27.4. The van der Waals surface area contributed by atoms with Crippen LogP contribution in [0.1, 0.15) is 227 Å². The maximum absolute atomic E-state index is 2.72. The molecular weight excluding hydrogens is 1130 g/mol. The lowest BCUT2D eigenvalue weighted by molar-refractivity contribution is 0.398. The zero-order valence-electron chi connectivity index (χ0n) is 56.2. The molecule has 2 aromatic heterocycles. The minimum atomic E-state index is -0.0660. The number of fused-ring (bicyclic) bond motifs is 9. The Balaban J connectivity index is 0.886. The van der Waals surface area contributed by atoms with Gasteiger partial charge in [0.2, 0.25) is 0 Å². The highest BCUT2D eigenvalue weighted by molar-refractivity contribution is 7.19. The van der Waals surface area contributed by atoms with Crippen molar-refractivity contribution in [2.75, 3.05) is 0 Å². The molecule has 0 N–H and O–H groups in total. The molecule has 0 amide bonds. The van der Waals surface area contributed by atoms with Crippen molar-refractivity contribution in [2.45, 2.75) is 213 Å². The van der Waals surface area contributed by atoms with Gasteiger partial charge in [-0.2, -0.15) is 0 Å². The van der Waals surface area contributed by atoms with Crippen molar-refractivity contribution in [1.82, 2.24) is 0 Å². The lowest BCUT2D eigenvalue weighted by atomic mass is 9.69. The molecule has 0 bridgehead atoms. The molecule has 0 radical (unpaired) electrons. The third-order valence-corrected chi connectivity index (χ3v) is 24.2. The fourth-order valence-electron chi connectivity index (χ4n) is 17.4. The van der Waals surface area contributed by atoms with E-state index >= 15 is 0 Å². The van der Waals surface area contributed by atoms with Crippen LogP contribution < -0.4 is 0 Å². The van der Waals surface area contributed by atoms with Crippen LogP contribution in [-0.2, 0) is 16.2 Å². The van der Waals surface area contributed by atoms with Crippen LogP contribution in [0.15, 0.2) is 182 Å². The zero-order valence-corrected chi connectivity index (χ0v) is 57.8. The van der Waals surface area contributed by atoms with Crippen LogP contribution in [-0.4, -0.2) is 0 Å². The minimum Gasteiger partial charge on any atom is -0.135 e. The first-order valence-electron chi connectivity index (χ1n) is 35.8. The summed E-state index contributed by atoms with van der Waals surface area (Å²) >= 11 is 3.86. The number of hydrogen-bond donors (Lipinski definition) is 0. The van der Waals surface area contributed by atoms with Crippen molar-refractivity contribution < 1.29 is 0 Å². The Labute approximate surface area is 555 Å². The Morgan fingerprint density at radius 2 is 0.451 bits per heavy atom. The zero-order chi connectivity index (χ0) is 62.7. The summed E-state index contributed by atoms with van der Waals surface area (Å²) in [4.78, 5) is 5.37. The van der Waals surface area contributed by atoms with Gasteiger partial charge in [-0.1, -0.05) is 277 Å². The van der Waals surface area contributed by atoms with Crippen LogP contribution >= 0.6 is 22.7 Å². The molecule has 13 rings (SSSR count). The van der Waals surface area contributed by atoms with Crippen LogP contribution in [0.2, 0.25) is 0 Å². The van der Waals surface area contributed by atoms with E-state index in [1.54, 1.807) is 22.3 Å². The van der Waals surface area contributed by atoms with E-state index in [4.69, 9.17) is 0 Å². The number of hydrogen-bond acceptors (Lipinski definition) is 2. The number of rotatable bonds is 28. The molecule has 0 atom stereocenters. The molecule has 3 aliphatic rings. The van der Waals surface area contributed by atoms with E-state index in [-0.39, 0.29) is 16.2 Å². The van der Waals surface area contributed by atoms with Crippen LogP contribution in [0, 0.1) is 13.8 Å². The first kappa shape index (κ1) is 62.9. The fraction of sp³-hybridized carbons (Fsp3) is 0.371. The van der Waals surface area contributed by atoms with Crippen LogP contribution in [0.25, 0.3) is 97.4 Å². The smallest absolute Gasteiger partial charge is 0.0349 e. The van der Waals surface area contributed by atoms with Gasteiger partial charge in [0.1, 0.15) is 0 Å². The summed E-state index contributed by atoms with van der Waals surface area (Å²) in [7, 11) is 0. The minimum absolute atomic E-state index is 0.0350. The van der Waals surface area contributed by atoms with E-state index in [0.29, 0.717) is 0 Å². The van der Waals surface area contributed by atoms with Crippen molar-refractivity contribution in [3.63, 3.8) is 0 Å². The lowest BCUT2D eigenvalue weighted by Crippen LogP contribution is -2.26. The lowest BCUT2D eigenvalue weighted by Gasteiger charge is -2.34. The largest absolute Gasteiger partial charge is 0.135 e. The summed E-state index contributed by atoms with van der Waals surface area (Å²) in [6, 6.07) is 73.3. The molecule has 0 spiro atoms. The van der Waals surface area contributed by atoms with Gasteiger partial charge in [0.25, 0.3) is 0 Å². The molecule has 0 nitrogen and oxygen atoms in total. The molecule has 0 unspecified atom stereocenters. The maximum atomic E-state index is 2.72. The molecule has 0 fully saturated rings. The van der Waals surface area contributed by atoms with Gasteiger partial charge in [0.05, 0.1) is 0 Å². The van der Waals surface area contributed by atoms with Gasteiger partial charge in [-0.3, -0.25) is 0 Å². The van der Waals surface area contributed by atoms with Gasteiger partial charge in [0, 0.05) is 35.8 Å². The summed E-state index contributed by atoms with van der Waals surface area (Å²) in [5.41, 5.74) is 31.3. The van der Waals surface area contributed by atoms with Gasteiger partial charge >= 0.3 is 0 Å². The molecule has 10 aromatic rings. The molecular formula is C89H98S2. The van der Waals surface area contributed by atoms with Crippen LogP contribution in [0.5, 0.6) is 0 Å². The van der Waals surface area contributed by atoms with Gasteiger partial charge in [0.15, 0.2) is 0 Å². The summed E-state index contributed by atoms with van der Waals surface area (Å²) in [6.07, 6.45) is 27.3. The average Bonchev–Trinajstić information content (AvgIpc) is 1.58. The monoisotopic (exact) mass is 1230 g/mol. The highest BCUT2D eigenvalue weighted by Gasteiger charge is 2.46. The molecule has 8 aromatic carbocycles. The number of unbranched alkanes of at least 4 members (excludes halogenated alkanes) is 10. The van der Waals surface area contributed by atoms with E-state index in [1.165, 1.54) is 210 Å². The second-order valence-electron chi connectivity index (χ2n) is 27.9. The summed E-state index contributed by atoms with van der Waals surface area (Å²) in [5, 5.41) is 0. The molecule has 2 heterocycles. The predicted molar refractivity (Wildman–Crippen MR) is 399 cm³/mol. The Bertz CT molecular complexity index is 3890. The highest BCUT2D eigenvalue weighted by atomic mass is 32.1. The van der Waals surface area contributed by atoms with Crippen LogP contribution in [0.4, 0.5) is 0 Å². The van der Waals surface area contributed by atoms with Crippen molar-refractivity contribution in [3.8, 4) is 97.4 Å². The normalized spacial score (nSPS) is 14.3. The van der Waals surface area contributed by atoms with Gasteiger partial charge in [-0.05, 0) is 224 Å². The number of thiophene rings is 2. The van der Waals surface area contributed by atoms with Gasteiger partial charge in [-0.25, -0.2) is 0 Å². The molecule has 2 heteroatoms. The molecule has 0 saturated carbocycles. The molecule has 3 aliphatic carbocycles. The van der Waals surface area contributed by atoms with E-state index in [0.717, 1.165) is 51.4 Å². The standard InChI is InChI=1S/C89H98S2/c1-9-15-17-19-21-23-53-89(54-24-22-20-18-16-10-2)79-57-67(65-33-39-71-75-43-37-69(59-81(75)87(49-11-3,50-12-4)77(71)55-65)85-47-45-83(90-85)63-29-25-61(7)26-30-63)35-41-73(79)74-42-36-68(58-80(74)89)66-34-40-72-76-44-38-70(60-82(76)88(51-13-5,52-14-6)78(72)56-66)86-48-46-84(91-86)64-31-27-62(8)28-32-64/h25-48,55-60H,9-24,49-54H2,1-8H3. The van der Waals surface area contributed by atoms with Crippen molar-refractivity contribution in [1.29, 1.82) is 0 Å². The van der Waals surface area contributed by atoms with E-state index < -0.39 is 0 Å². The summed E-state index contributed by atoms with van der Waals surface area (Å²) in [5.74, 6) is 0. The van der Waals surface area contributed by atoms with Crippen molar-refractivity contribution in [2.24, 2.45) is 0 Å². The third-order valence-electron chi connectivity index (χ3n) is 21.8. The summed E-state index contributed by atoms with van der Waals surface area (Å²) < 4.78 is 0. The topological polar surface area (TPSA) is 0 Å². The van der Waals surface area contributed by atoms with E-state index in [9.17, 15) is 0 Å². The maximum Gasteiger partial charge on any atom is 0.0349 e. The quantitative estimate of drug-likeness (QED) is 0.0429. The Hall–Kier alpha value is -6.84. The van der Waals surface area contributed by atoms with Gasteiger partial charge in [-0.15, -0.1) is 22.7 Å². The third kappa shape index (κ3) is 11.8. The Morgan fingerprint density at radius 1 is 0.220 bits per heavy atom. The van der Waals surface area contributed by atoms with Crippen LogP contribution in [0.3, 0.4) is 0 Å². The molecule has 91 heavy (non-hydrogen) atoms. The fourth-order valence-corrected chi connectivity index (χ4v) is 19.4. The predicted octanol–water partition coefficient (Wildman–Crippen LogP) is 27.9. The number of benzene rings is 8. The van der Waals surface area contributed by atoms with Crippen molar-refractivity contribution >= 4 is 22.7 Å². The highest BCUT2D eigenvalue weighted by Crippen LogP contribution is 2.60. The van der Waals surface area contributed by atoms with E-state index in [2.05, 4.69) is 237 Å². The SMILES string of the molecule is CCCCCCCCC1(CCCCCCCC)c2cc(-c3ccc4c(c3)C(CCC)(CCC)c3cc(-c5ccc(-c6ccc(C)cc6)s5)ccc3-4)ccc2-c2ccc(-c3ccc4c(c3)C(CCC)(CCC)c3cc(-c5ccc(-c6ccc(C)cc6)s5)ccc3-4)cc21. The van der Waals surface area contributed by atoms with Crippen molar-refractivity contribution in [3.05, 3.63) is 226 Å².